The molecule has 2 rings (SSSR count). The lowest BCUT2D eigenvalue weighted by Gasteiger charge is -2.26. The van der Waals surface area contributed by atoms with Crippen LogP contribution < -0.4 is 5.32 Å². The van der Waals surface area contributed by atoms with E-state index in [1.54, 1.807) is 36.4 Å². The molecule has 1 amide bonds. The highest BCUT2D eigenvalue weighted by molar-refractivity contribution is 7.12. The van der Waals surface area contributed by atoms with Gasteiger partial charge in [0.05, 0.1) is 5.56 Å². The summed E-state index contributed by atoms with van der Waals surface area (Å²) >= 11 is 1.52. The van der Waals surface area contributed by atoms with Gasteiger partial charge in [-0.25, -0.2) is 4.79 Å². The van der Waals surface area contributed by atoms with Crippen LogP contribution in [-0.2, 0) is 10.3 Å². The summed E-state index contributed by atoms with van der Waals surface area (Å²) in [6.45, 7) is 5.27. The number of aryl methyl sites for hydroxylation is 2. The molecule has 0 aliphatic heterocycles. The molecule has 2 N–H and O–H groups in total. The van der Waals surface area contributed by atoms with E-state index in [9.17, 15) is 14.7 Å². The zero-order valence-corrected chi connectivity index (χ0v) is 13.0. The second-order valence-electron chi connectivity index (χ2n) is 5.08. The van der Waals surface area contributed by atoms with Crippen molar-refractivity contribution >= 4 is 23.2 Å². The zero-order valence-electron chi connectivity index (χ0n) is 12.1. The van der Waals surface area contributed by atoms with Gasteiger partial charge < -0.3 is 10.4 Å². The lowest BCUT2D eigenvalue weighted by atomic mass is 9.91. The lowest BCUT2D eigenvalue weighted by molar-refractivity contribution is -0.144. The van der Waals surface area contributed by atoms with Crippen molar-refractivity contribution in [3.63, 3.8) is 0 Å². The molecule has 0 saturated heterocycles. The smallest absolute Gasteiger partial charge is 0.333 e. The SMILES string of the molecule is Cc1cc(C(=O)NC(C)(C(=O)O)c2ccccc2)c(C)s1. The standard InChI is InChI=1S/C16H17NO3S/c1-10-9-13(11(2)21-10)14(18)17-16(3,15(19)20)12-7-5-4-6-8-12/h4-9H,1-3H3,(H,17,18)(H,19,20). The van der Waals surface area contributed by atoms with E-state index in [-0.39, 0.29) is 5.91 Å². The molecule has 21 heavy (non-hydrogen) atoms. The van der Waals surface area contributed by atoms with E-state index >= 15 is 0 Å². The van der Waals surface area contributed by atoms with Gasteiger partial charge in [0.1, 0.15) is 0 Å². The summed E-state index contributed by atoms with van der Waals surface area (Å²) in [6, 6.07) is 10.5. The molecule has 5 heteroatoms. The third kappa shape index (κ3) is 2.97. The van der Waals surface area contributed by atoms with E-state index in [4.69, 9.17) is 0 Å². The van der Waals surface area contributed by atoms with E-state index in [1.807, 2.05) is 13.8 Å². The molecule has 4 nitrogen and oxygen atoms in total. The Bertz CT molecular complexity index is 678. The molecule has 0 bridgehead atoms. The molecule has 0 fully saturated rings. The normalized spacial score (nSPS) is 13.5. The minimum atomic E-state index is -1.46. The number of carbonyl (C=O) groups excluding carboxylic acids is 1. The van der Waals surface area contributed by atoms with Crippen molar-refractivity contribution in [2.24, 2.45) is 0 Å². The Balaban J connectivity index is 2.35. The monoisotopic (exact) mass is 303 g/mol. The van der Waals surface area contributed by atoms with Crippen LogP contribution >= 0.6 is 11.3 Å². The number of carboxylic acids is 1. The van der Waals surface area contributed by atoms with Gasteiger partial charge in [-0.15, -0.1) is 11.3 Å². The van der Waals surface area contributed by atoms with Crippen LogP contribution in [0.2, 0.25) is 0 Å². The van der Waals surface area contributed by atoms with E-state index < -0.39 is 11.5 Å². The molecule has 1 aromatic carbocycles. The molecule has 110 valence electrons. The van der Waals surface area contributed by atoms with Gasteiger partial charge in [0.25, 0.3) is 5.91 Å². The first-order valence-corrected chi connectivity index (χ1v) is 7.34. The Morgan fingerprint density at radius 3 is 2.29 bits per heavy atom. The maximum Gasteiger partial charge on any atom is 0.333 e. The number of benzene rings is 1. The molecule has 2 aromatic rings. The van der Waals surface area contributed by atoms with E-state index in [2.05, 4.69) is 5.32 Å². The second-order valence-corrected chi connectivity index (χ2v) is 6.54. The van der Waals surface area contributed by atoms with Gasteiger partial charge >= 0.3 is 5.97 Å². The summed E-state index contributed by atoms with van der Waals surface area (Å²) in [6.07, 6.45) is 0. The topological polar surface area (TPSA) is 66.4 Å². The first-order chi connectivity index (χ1) is 9.84. The van der Waals surface area contributed by atoms with Crippen molar-refractivity contribution < 1.29 is 14.7 Å². The summed E-state index contributed by atoms with van der Waals surface area (Å²) < 4.78 is 0. The van der Waals surface area contributed by atoms with Gasteiger partial charge in [0, 0.05) is 9.75 Å². The first-order valence-electron chi connectivity index (χ1n) is 6.53. The molecule has 0 aliphatic carbocycles. The molecular weight excluding hydrogens is 286 g/mol. The lowest BCUT2D eigenvalue weighted by Crippen LogP contribution is -2.49. The largest absolute Gasteiger partial charge is 0.479 e. The molecule has 1 heterocycles. The Hall–Kier alpha value is -2.14. The summed E-state index contributed by atoms with van der Waals surface area (Å²) in [5.41, 5.74) is -0.392. The first kappa shape index (κ1) is 15.3. The highest BCUT2D eigenvalue weighted by atomic mass is 32.1. The van der Waals surface area contributed by atoms with E-state index in [0.29, 0.717) is 11.1 Å². The number of carbonyl (C=O) groups is 2. The van der Waals surface area contributed by atoms with Crippen molar-refractivity contribution in [1.82, 2.24) is 5.32 Å². The Morgan fingerprint density at radius 2 is 1.81 bits per heavy atom. The average Bonchev–Trinajstić information content (AvgIpc) is 2.78. The number of amides is 1. The molecule has 1 unspecified atom stereocenters. The fraction of sp³-hybridized carbons (Fsp3) is 0.250. The van der Waals surface area contributed by atoms with E-state index in [1.165, 1.54) is 18.3 Å². The van der Waals surface area contributed by atoms with Gasteiger partial charge in [-0.05, 0) is 32.4 Å². The fourth-order valence-electron chi connectivity index (χ4n) is 2.17. The molecule has 0 radical (unpaired) electrons. The predicted molar refractivity (Wildman–Crippen MR) is 82.7 cm³/mol. The third-order valence-electron chi connectivity index (χ3n) is 3.43. The number of hydrogen-bond donors (Lipinski definition) is 2. The number of nitrogens with one attached hydrogen (secondary N) is 1. The van der Waals surface area contributed by atoms with Gasteiger partial charge in [0.2, 0.25) is 0 Å². The minimum Gasteiger partial charge on any atom is -0.479 e. The second kappa shape index (κ2) is 5.69. The maximum atomic E-state index is 12.4. The minimum absolute atomic E-state index is 0.370. The number of carboxylic acid groups (broad SMARTS) is 1. The van der Waals surface area contributed by atoms with Crippen LogP contribution in [0.4, 0.5) is 0 Å². The maximum absolute atomic E-state index is 12.4. The van der Waals surface area contributed by atoms with Crippen LogP contribution in [0.3, 0.4) is 0 Å². The van der Waals surface area contributed by atoms with Crippen LogP contribution in [0, 0.1) is 13.8 Å². The summed E-state index contributed by atoms with van der Waals surface area (Å²) in [7, 11) is 0. The molecule has 0 saturated carbocycles. The number of rotatable bonds is 4. The molecule has 0 aliphatic rings. The summed E-state index contributed by atoms with van der Waals surface area (Å²) in [4.78, 5) is 26.0. The number of aliphatic carboxylic acids is 1. The Morgan fingerprint density at radius 1 is 1.19 bits per heavy atom. The van der Waals surface area contributed by atoms with Crippen molar-refractivity contribution in [3.8, 4) is 0 Å². The average molecular weight is 303 g/mol. The van der Waals surface area contributed by atoms with Crippen LogP contribution in [0.15, 0.2) is 36.4 Å². The van der Waals surface area contributed by atoms with E-state index in [0.717, 1.165) is 9.75 Å². The third-order valence-corrected chi connectivity index (χ3v) is 4.39. The predicted octanol–water partition coefficient (Wildman–Crippen LogP) is 3.09. The number of hydrogen-bond acceptors (Lipinski definition) is 3. The zero-order chi connectivity index (χ0) is 15.6. The highest BCUT2D eigenvalue weighted by Gasteiger charge is 2.37. The quantitative estimate of drug-likeness (QED) is 0.912. The Labute approximate surface area is 127 Å². The molecule has 0 spiro atoms. The van der Waals surface area contributed by atoms with Crippen LogP contribution in [0.1, 0.15) is 32.6 Å². The molecule has 1 atom stereocenters. The van der Waals surface area contributed by atoms with Crippen LogP contribution in [0.25, 0.3) is 0 Å². The molecular formula is C16H17NO3S. The van der Waals surface area contributed by atoms with Crippen molar-refractivity contribution in [2.75, 3.05) is 0 Å². The van der Waals surface area contributed by atoms with Gasteiger partial charge in [0.15, 0.2) is 5.54 Å². The summed E-state index contributed by atoms with van der Waals surface area (Å²) in [5, 5.41) is 12.2. The van der Waals surface area contributed by atoms with Crippen molar-refractivity contribution in [1.29, 1.82) is 0 Å². The van der Waals surface area contributed by atoms with Gasteiger partial charge in [-0.1, -0.05) is 30.3 Å². The Kier molecular flexibility index (Phi) is 4.14. The molecule has 1 aromatic heterocycles. The summed E-state index contributed by atoms with van der Waals surface area (Å²) in [5.74, 6) is -1.46. The number of thiophene rings is 1. The van der Waals surface area contributed by atoms with Gasteiger partial charge in [-0.3, -0.25) is 4.79 Å². The highest BCUT2D eigenvalue weighted by Crippen LogP contribution is 2.25. The van der Waals surface area contributed by atoms with Crippen molar-refractivity contribution in [3.05, 3.63) is 57.3 Å². The van der Waals surface area contributed by atoms with Crippen molar-refractivity contribution in [2.45, 2.75) is 26.3 Å². The van der Waals surface area contributed by atoms with Crippen LogP contribution in [-0.4, -0.2) is 17.0 Å². The van der Waals surface area contributed by atoms with Crippen LogP contribution in [0.5, 0.6) is 0 Å². The fourth-order valence-corrected chi connectivity index (χ4v) is 3.09. The van der Waals surface area contributed by atoms with Gasteiger partial charge in [-0.2, -0.15) is 0 Å².